The van der Waals surface area contributed by atoms with Crippen molar-refractivity contribution in [1.29, 1.82) is 0 Å². The fourth-order valence-electron chi connectivity index (χ4n) is 1.74. The summed E-state index contributed by atoms with van der Waals surface area (Å²) in [4.78, 5) is 16.6. The Labute approximate surface area is 101 Å². The second kappa shape index (κ2) is 4.32. The standard InChI is InChI=1S/C14H17NO2/c1-14(2,3)13(16)17-15-12-9-8-10-6-4-5-7-11(10)12/h4-7H,8-9H2,1-3H3/b15-12-. The number of carbonyl (C=O) groups is 1. The normalized spacial score (nSPS) is 17.0. The summed E-state index contributed by atoms with van der Waals surface area (Å²) in [6.45, 7) is 5.45. The monoisotopic (exact) mass is 231 g/mol. The van der Waals surface area contributed by atoms with Gasteiger partial charge in [0.2, 0.25) is 0 Å². The molecule has 1 aromatic rings. The zero-order chi connectivity index (χ0) is 12.5. The average molecular weight is 231 g/mol. The number of nitrogens with zero attached hydrogens (tertiary/aromatic N) is 1. The first-order chi connectivity index (χ1) is 7.98. The van der Waals surface area contributed by atoms with E-state index in [0.29, 0.717) is 0 Å². The van der Waals surface area contributed by atoms with Gasteiger partial charge in [-0.3, -0.25) is 0 Å². The van der Waals surface area contributed by atoms with Crippen molar-refractivity contribution in [3.63, 3.8) is 0 Å². The number of carbonyl (C=O) groups excluding carboxylic acids is 1. The molecule has 0 saturated heterocycles. The van der Waals surface area contributed by atoms with Crippen molar-refractivity contribution in [3.05, 3.63) is 35.4 Å². The van der Waals surface area contributed by atoms with E-state index in [4.69, 9.17) is 4.84 Å². The summed E-state index contributed by atoms with van der Waals surface area (Å²) in [5.41, 5.74) is 2.74. The summed E-state index contributed by atoms with van der Waals surface area (Å²) < 4.78 is 0. The summed E-state index contributed by atoms with van der Waals surface area (Å²) in [5.74, 6) is -0.297. The van der Waals surface area contributed by atoms with Gasteiger partial charge in [0.25, 0.3) is 0 Å². The summed E-state index contributed by atoms with van der Waals surface area (Å²) >= 11 is 0. The van der Waals surface area contributed by atoms with Crippen LogP contribution in [-0.2, 0) is 16.1 Å². The van der Waals surface area contributed by atoms with Gasteiger partial charge < -0.3 is 4.84 Å². The van der Waals surface area contributed by atoms with Crippen molar-refractivity contribution >= 4 is 11.7 Å². The Bertz CT molecular complexity index is 469. The first-order valence-electron chi connectivity index (χ1n) is 5.85. The zero-order valence-corrected chi connectivity index (χ0v) is 10.5. The topological polar surface area (TPSA) is 38.7 Å². The maximum absolute atomic E-state index is 11.6. The first kappa shape index (κ1) is 11.8. The lowest BCUT2D eigenvalue weighted by Crippen LogP contribution is -2.21. The average Bonchev–Trinajstić information content (AvgIpc) is 2.68. The van der Waals surface area contributed by atoms with Crippen LogP contribution in [0, 0.1) is 5.41 Å². The summed E-state index contributed by atoms with van der Waals surface area (Å²) in [6.07, 6.45) is 1.82. The second-order valence-electron chi connectivity index (χ2n) is 5.32. The van der Waals surface area contributed by atoms with E-state index in [1.54, 1.807) is 0 Å². The number of oxime groups is 1. The summed E-state index contributed by atoms with van der Waals surface area (Å²) in [5, 5.41) is 4.00. The Hall–Kier alpha value is -1.64. The Balaban J connectivity index is 2.13. The molecule has 1 aliphatic carbocycles. The minimum atomic E-state index is -0.512. The van der Waals surface area contributed by atoms with E-state index in [0.717, 1.165) is 24.1 Å². The van der Waals surface area contributed by atoms with Gasteiger partial charge in [-0.15, -0.1) is 0 Å². The van der Waals surface area contributed by atoms with E-state index >= 15 is 0 Å². The number of hydrogen-bond acceptors (Lipinski definition) is 3. The lowest BCUT2D eigenvalue weighted by Gasteiger charge is -2.13. The summed E-state index contributed by atoms with van der Waals surface area (Å²) in [6, 6.07) is 8.10. The Morgan fingerprint density at radius 2 is 1.94 bits per heavy atom. The van der Waals surface area contributed by atoms with Gasteiger partial charge in [0.05, 0.1) is 11.1 Å². The molecule has 0 atom stereocenters. The molecule has 3 nitrogen and oxygen atoms in total. The van der Waals surface area contributed by atoms with Crippen molar-refractivity contribution in [3.8, 4) is 0 Å². The van der Waals surface area contributed by atoms with Gasteiger partial charge in [0.15, 0.2) is 0 Å². The Kier molecular flexibility index (Phi) is 3.01. The van der Waals surface area contributed by atoms with Gasteiger partial charge in [0, 0.05) is 5.56 Å². The maximum atomic E-state index is 11.6. The van der Waals surface area contributed by atoms with Crippen molar-refractivity contribution < 1.29 is 9.63 Å². The van der Waals surface area contributed by atoms with Crippen molar-refractivity contribution in [2.75, 3.05) is 0 Å². The SMILES string of the molecule is CC(C)(C)C(=O)O/N=C1/CCc2ccccc21. The lowest BCUT2D eigenvalue weighted by atomic mass is 9.98. The molecule has 0 fully saturated rings. The molecule has 1 aromatic carbocycles. The third-order valence-corrected chi connectivity index (χ3v) is 2.81. The van der Waals surface area contributed by atoms with Crippen LogP contribution >= 0.6 is 0 Å². The largest absolute Gasteiger partial charge is 0.340 e. The Morgan fingerprint density at radius 3 is 2.65 bits per heavy atom. The highest BCUT2D eigenvalue weighted by Crippen LogP contribution is 2.23. The first-order valence-corrected chi connectivity index (χ1v) is 5.85. The number of aryl methyl sites for hydroxylation is 1. The highest BCUT2D eigenvalue weighted by atomic mass is 16.7. The van der Waals surface area contributed by atoms with Crippen molar-refractivity contribution in [2.45, 2.75) is 33.6 Å². The van der Waals surface area contributed by atoms with Crippen LogP contribution in [0.5, 0.6) is 0 Å². The van der Waals surface area contributed by atoms with Crippen LogP contribution in [0.25, 0.3) is 0 Å². The van der Waals surface area contributed by atoms with Gasteiger partial charge >= 0.3 is 5.97 Å². The molecule has 0 amide bonds. The molecule has 0 bridgehead atoms. The molecule has 90 valence electrons. The third kappa shape index (κ3) is 2.54. The number of benzene rings is 1. The highest BCUT2D eigenvalue weighted by Gasteiger charge is 2.24. The third-order valence-electron chi connectivity index (χ3n) is 2.81. The molecule has 0 aliphatic heterocycles. The fraction of sp³-hybridized carbons (Fsp3) is 0.429. The summed E-state index contributed by atoms with van der Waals surface area (Å²) in [7, 11) is 0. The smallest absolute Gasteiger partial charge is 0.317 e. The molecule has 0 unspecified atom stereocenters. The molecule has 0 N–H and O–H groups in total. The van der Waals surface area contributed by atoms with Gasteiger partial charge in [-0.1, -0.05) is 29.4 Å². The molecule has 1 aliphatic rings. The van der Waals surface area contributed by atoms with E-state index in [1.165, 1.54) is 5.56 Å². The van der Waals surface area contributed by atoms with Crippen LogP contribution in [0.4, 0.5) is 0 Å². The molecular weight excluding hydrogens is 214 g/mol. The van der Waals surface area contributed by atoms with E-state index < -0.39 is 5.41 Å². The second-order valence-corrected chi connectivity index (χ2v) is 5.32. The molecule has 2 rings (SSSR count). The molecular formula is C14H17NO2. The molecule has 17 heavy (non-hydrogen) atoms. The number of hydrogen-bond donors (Lipinski definition) is 0. The molecule has 0 aromatic heterocycles. The molecule has 0 saturated carbocycles. The minimum absolute atomic E-state index is 0.297. The van der Waals surface area contributed by atoms with Crippen LogP contribution in [0.3, 0.4) is 0 Å². The highest BCUT2D eigenvalue weighted by molar-refractivity contribution is 6.04. The lowest BCUT2D eigenvalue weighted by molar-refractivity contribution is -0.152. The van der Waals surface area contributed by atoms with Crippen LogP contribution in [-0.4, -0.2) is 11.7 Å². The predicted molar refractivity (Wildman–Crippen MR) is 66.8 cm³/mol. The fourth-order valence-corrected chi connectivity index (χ4v) is 1.74. The van der Waals surface area contributed by atoms with Crippen LogP contribution in [0.2, 0.25) is 0 Å². The van der Waals surface area contributed by atoms with E-state index in [9.17, 15) is 4.79 Å². The number of rotatable bonds is 1. The predicted octanol–water partition coefficient (Wildman–Crippen LogP) is 2.93. The Morgan fingerprint density at radius 1 is 1.24 bits per heavy atom. The molecule has 3 heteroatoms. The van der Waals surface area contributed by atoms with Gasteiger partial charge in [-0.05, 0) is 39.2 Å². The van der Waals surface area contributed by atoms with E-state index in [-0.39, 0.29) is 5.97 Å². The van der Waals surface area contributed by atoms with Crippen LogP contribution in [0.1, 0.15) is 38.3 Å². The van der Waals surface area contributed by atoms with Gasteiger partial charge in [0.1, 0.15) is 0 Å². The van der Waals surface area contributed by atoms with Crippen molar-refractivity contribution in [1.82, 2.24) is 0 Å². The molecule has 0 heterocycles. The van der Waals surface area contributed by atoms with Crippen LogP contribution < -0.4 is 0 Å². The zero-order valence-electron chi connectivity index (χ0n) is 10.5. The number of fused-ring (bicyclic) bond motifs is 1. The maximum Gasteiger partial charge on any atom is 0.340 e. The van der Waals surface area contributed by atoms with Crippen LogP contribution in [0.15, 0.2) is 29.4 Å². The minimum Gasteiger partial charge on any atom is -0.317 e. The molecule has 0 spiro atoms. The van der Waals surface area contributed by atoms with E-state index in [2.05, 4.69) is 11.2 Å². The van der Waals surface area contributed by atoms with Gasteiger partial charge in [-0.2, -0.15) is 0 Å². The quantitative estimate of drug-likeness (QED) is 0.550. The van der Waals surface area contributed by atoms with Gasteiger partial charge in [-0.25, -0.2) is 4.79 Å². The van der Waals surface area contributed by atoms with Crippen molar-refractivity contribution in [2.24, 2.45) is 10.6 Å². The molecule has 0 radical (unpaired) electrons. The van der Waals surface area contributed by atoms with E-state index in [1.807, 2.05) is 39.0 Å².